The van der Waals surface area contributed by atoms with Crippen LogP contribution in [0.4, 0.5) is 5.88 Å². The van der Waals surface area contributed by atoms with Gasteiger partial charge in [-0.15, -0.1) is 0 Å². The van der Waals surface area contributed by atoms with Crippen molar-refractivity contribution < 1.29 is 18.5 Å². The first-order valence-corrected chi connectivity index (χ1v) is 6.02. The third-order valence-corrected chi connectivity index (χ3v) is 3.25. The van der Waals surface area contributed by atoms with E-state index in [4.69, 9.17) is 9.52 Å². The average molecular weight is 231 g/mol. The molecule has 0 aromatic carbocycles. The van der Waals surface area contributed by atoms with Crippen LogP contribution in [-0.4, -0.2) is 33.3 Å². The van der Waals surface area contributed by atoms with Crippen LogP contribution >= 0.6 is 0 Å². The lowest BCUT2D eigenvalue weighted by Crippen LogP contribution is -2.20. The van der Waals surface area contributed by atoms with Crippen LogP contribution in [-0.2, 0) is 10.8 Å². The summed E-state index contributed by atoms with van der Waals surface area (Å²) >= 11 is 0. The monoisotopic (exact) mass is 231 g/mol. The van der Waals surface area contributed by atoms with E-state index in [1.165, 1.54) is 12.1 Å². The highest BCUT2D eigenvalue weighted by atomic mass is 32.2. The predicted molar refractivity (Wildman–Crippen MR) is 57.7 cm³/mol. The fourth-order valence-corrected chi connectivity index (χ4v) is 1.23. The SMILES string of the molecule is CC(CNc1ccc(C(=O)O)o1)S(C)=O. The third-order valence-electron chi connectivity index (χ3n) is 1.95. The van der Waals surface area contributed by atoms with Crippen LogP contribution in [0, 0.1) is 0 Å². The molecule has 0 aliphatic heterocycles. The molecule has 15 heavy (non-hydrogen) atoms. The maximum atomic E-state index is 11.0. The first kappa shape index (κ1) is 11.8. The molecule has 0 amide bonds. The van der Waals surface area contributed by atoms with Crippen LogP contribution in [0.15, 0.2) is 16.5 Å². The quantitative estimate of drug-likeness (QED) is 0.794. The van der Waals surface area contributed by atoms with Crippen LogP contribution in [0.2, 0.25) is 0 Å². The summed E-state index contributed by atoms with van der Waals surface area (Å²) in [7, 11) is -0.906. The summed E-state index contributed by atoms with van der Waals surface area (Å²) in [5, 5.41) is 11.5. The van der Waals surface area contributed by atoms with Gasteiger partial charge in [0, 0.05) is 34.9 Å². The van der Waals surface area contributed by atoms with Gasteiger partial charge in [0.15, 0.2) is 5.88 Å². The van der Waals surface area contributed by atoms with Crippen molar-refractivity contribution in [2.24, 2.45) is 0 Å². The van der Waals surface area contributed by atoms with Gasteiger partial charge in [-0.3, -0.25) is 4.21 Å². The van der Waals surface area contributed by atoms with E-state index >= 15 is 0 Å². The van der Waals surface area contributed by atoms with E-state index in [1.54, 1.807) is 6.26 Å². The minimum absolute atomic E-state index is 0.0108. The Morgan fingerprint density at radius 2 is 2.33 bits per heavy atom. The number of hydrogen-bond donors (Lipinski definition) is 2. The molecule has 1 heterocycles. The molecule has 0 aliphatic carbocycles. The van der Waals surface area contributed by atoms with Crippen LogP contribution in [0.25, 0.3) is 0 Å². The Bertz CT molecular complexity index is 374. The van der Waals surface area contributed by atoms with Crippen molar-refractivity contribution in [2.45, 2.75) is 12.2 Å². The summed E-state index contributed by atoms with van der Waals surface area (Å²) in [6, 6.07) is 2.91. The Labute approximate surface area is 89.9 Å². The van der Waals surface area contributed by atoms with Crippen molar-refractivity contribution in [3.63, 3.8) is 0 Å². The Morgan fingerprint density at radius 3 is 2.80 bits per heavy atom. The van der Waals surface area contributed by atoms with Crippen LogP contribution < -0.4 is 5.32 Å². The van der Waals surface area contributed by atoms with Gasteiger partial charge in [0.1, 0.15) is 0 Å². The van der Waals surface area contributed by atoms with E-state index in [9.17, 15) is 9.00 Å². The fourth-order valence-electron chi connectivity index (χ4n) is 0.910. The van der Waals surface area contributed by atoms with Gasteiger partial charge in [-0.2, -0.15) is 0 Å². The second-order valence-corrected chi connectivity index (χ2v) is 4.96. The largest absolute Gasteiger partial charge is 0.475 e. The Morgan fingerprint density at radius 1 is 1.67 bits per heavy atom. The molecule has 1 rings (SSSR count). The lowest BCUT2D eigenvalue weighted by molar-refractivity contribution is 0.0663. The molecule has 0 radical (unpaired) electrons. The molecule has 5 nitrogen and oxygen atoms in total. The van der Waals surface area contributed by atoms with Crippen molar-refractivity contribution in [2.75, 3.05) is 18.1 Å². The molecular formula is C9H13NO4S. The summed E-state index contributed by atoms with van der Waals surface area (Å²) in [6.07, 6.45) is 1.62. The summed E-state index contributed by atoms with van der Waals surface area (Å²) in [4.78, 5) is 10.5. The average Bonchev–Trinajstić information content (AvgIpc) is 2.62. The van der Waals surface area contributed by atoms with Gasteiger partial charge in [0.25, 0.3) is 0 Å². The molecule has 2 unspecified atom stereocenters. The molecule has 0 aliphatic rings. The van der Waals surface area contributed by atoms with Gasteiger partial charge >= 0.3 is 5.97 Å². The molecule has 0 fully saturated rings. The third kappa shape index (κ3) is 3.39. The normalized spacial score (nSPS) is 14.5. The summed E-state index contributed by atoms with van der Waals surface area (Å²) in [5.74, 6) is -0.831. The number of rotatable bonds is 5. The first-order valence-electron chi connectivity index (χ1n) is 4.40. The zero-order valence-electron chi connectivity index (χ0n) is 8.52. The van der Waals surface area contributed by atoms with Crippen molar-refractivity contribution in [3.05, 3.63) is 17.9 Å². The first-order chi connectivity index (χ1) is 7.00. The lowest BCUT2D eigenvalue weighted by Gasteiger charge is -2.08. The van der Waals surface area contributed by atoms with Gasteiger partial charge in [-0.25, -0.2) is 4.79 Å². The van der Waals surface area contributed by atoms with E-state index < -0.39 is 16.8 Å². The predicted octanol–water partition coefficient (Wildman–Crippen LogP) is 1.16. The minimum atomic E-state index is -1.10. The molecule has 0 bridgehead atoms. The fraction of sp³-hybridized carbons (Fsp3) is 0.444. The Kier molecular flexibility index (Phi) is 3.90. The summed E-state index contributed by atoms with van der Waals surface area (Å²) in [5.41, 5.74) is 0. The highest BCUT2D eigenvalue weighted by Gasteiger charge is 2.10. The van der Waals surface area contributed by atoms with Gasteiger partial charge in [0.05, 0.1) is 0 Å². The Balaban J connectivity index is 2.51. The van der Waals surface area contributed by atoms with E-state index in [-0.39, 0.29) is 11.0 Å². The van der Waals surface area contributed by atoms with Crippen molar-refractivity contribution in [1.82, 2.24) is 0 Å². The highest BCUT2D eigenvalue weighted by Crippen LogP contribution is 2.13. The number of furan rings is 1. The van der Waals surface area contributed by atoms with Crippen LogP contribution in [0.1, 0.15) is 17.5 Å². The van der Waals surface area contributed by atoms with E-state index in [0.717, 1.165) is 0 Å². The molecule has 2 atom stereocenters. The smallest absolute Gasteiger partial charge is 0.371 e. The molecule has 0 spiro atoms. The van der Waals surface area contributed by atoms with Gasteiger partial charge in [-0.05, 0) is 13.0 Å². The zero-order valence-corrected chi connectivity index (χ0v) is 9.34. The number of carbonyl (C=O) groups is 1. The van der Waals surface area contributed by atoms with E-state index in [1.807, 2.05) is 6.92 Å². The molecule has 1 aromatic heterocycles. The second-order valence-electron chi connectivity index (χ2n) is 3.16. The zero-order chi connectivity index (χ0) is 11.4. The lowest BCUT2D eigenvalue weighted by atomic mass is 10.4. The minimum Gasteiger partial charge on any atom is -0.475 e. The number of anilines is 1. The summed E-state index contributed by atoms with van der Waals surface area (Å²) < 4.78 is 16.0. The van der Waals surface area contributed by atoms with Crippen molar-refractivity contribution in [3.8, 4) is 0 Å². The molecule has 0 saturated heterocycles. The van der Waals surface area contributed by atoms with Crippen LogP contribution in [0.3, 0.4) is 0 Å². The second kappa shape index (κ2) is 4.97. The van der Waals surface area contributed by atoms with Gasteiger partial charge in [0.2, 0.25) is 5.76 Å². The molecular weight excluding hydrogens is 218 g/mol. The standard InChI is InChI=1S/C9H13NO4S/c1-6(15(2)13)5-10-8-4-3-7(14-8)9(11)12/h3-4,6,10H,5H2,1-2H3,(H,11,12). The maximum Gasteiger partial charge on any atom is 0.371 e. The number of aromatic carboxylic acids is 1. The number of carboxylic acids is 1. The van der Waals surface area contributed by atoms with Gasteiger partial charge < -0.3 is 14.8 Å². The molecule has 84 valence electrons. The Hall–Kier alpha value is -1.30. The molecule has 0 saturated carbocycles. The number of carboxylic acid groups (broad SMARTS) is 1. The molecule has 1 aromatic rings. The van der Waals surface area contributed by atoms with Crippen LogP contribution in [0.5, 0.6) is 0 Å². The van der Waals surface area contributed by atoms with E-state index in [2.05, 4.69) is 5.32 Å². The maximum absolute atomic E-state index is 11.0. The number of hydrogen-bond acceptors (Lipinski definition) is 4. The summed E-state index contributed by atoms with van der Waals surface area (Å²) in [6.45, 7) is 2.32. The topological polar surface area (TPSA) is 79.5 Å². The highest BCUT2D eigenvalue weighted by molar-refractivity contribution is 7.84. The number of nitrogens with one attached hydrogen (secondary N) is 1. The van der Waals surface area contributed by atoms with Crippen molar-refractivity contribution >= 4 is 22.7 Å². The molecule has 2 N–H and O–H groups in total. The van der Waals surface area contributed by atoms with Crippen molar-refractivity contribution in [1.29, 1.82) is 0 Å². The van der Waals surface area contributed by atoms with E-state index in [0.29, 0.717) is 12.4 Å². The van der Waals surface area contributed by atoms with Gasteiger partial charge in [-0.1, -0.05) is 0 Å². The molecule has 6 heteroatoms.